The van der Waals surface area contributed by atoms with Crippen LogP contribution in [0.4, 0.5) is 5.69 Å². The number of benzene rings is 1. The molecule has 114 valence electrons. The fourth-order valence-electron chi connectivity index (χ4n) is 1.62. The minimum absolute atomic E-state index is 0.240. The quantitative estimate of drug-likeness (QED) is 0.610. The molecule has 2 rings (SSSR count). The predicted molar refractivity (Wildman–Crippen MR) is 97.4 cm³/mol. The van der Waals surface area contributed by atoms with Crippen molar-refractivity contribution in [1.29, 1.82) is 0 Å². The fraction of sp³-hybridized carbons (Fsp3) is 0.167. The number of rotatable bonds is 5. The Labute approximate surface area is 152 Å². The predicted octanol–water partition coefficient (Wildman–Crippen LogP) is 4.56. The van der Waals surface area contributed by atoms with Crippen molar-refractivity contribution in [3.8, 4) is 0 Å². The smallest absolute Gasteiger partial charge is 0.263 e. The minimum atomic E-state index is -3.65. The van der Waals surface area contributed by atoms with Crippen molar-refractivity contribution < 1.29 is 8.42 Å². The van der Waals surface area contributed by atoms with Crippen LogP contribution in [0.3, 0.4) is 0 Å². The Morgan fingerprint density at radius 2 is 1.90 bits per heavy atom. The van der Waals surface area contributed by atoms with E-state index in [4.69, 9.17) is 0 Å². The van der Waals surface area contributed by atoms with E-state index in [1.807, 2.05) is 13.1 Å². The van der Waals surface area contributed by atoms with Crippen molar-refractivity contribution >= 4 is 74.8 Å². The molecule has 0 bridgehead atoms. The van der Waals surface area contributed by atoms with Crippen molar-refractivity contribution in [3.05, 3.63) is 41.9 Å². The molecule has 0 aliphatic carbocycles. The van der Waals surface area contributed by atoms with Gasteiger partial charge in [0.05, 0.1) is 9.47 Å². The first kappa shape index (κ1) is 17.4. The molecular formula is C12H11Br3N2O2S2. The summed E-state index contributed by atoms with van der Waals surface area (Å²) < 4.78 is 29.7. The van der Waals surface area contributed by atoms with Crippen molar-refractivity contribution in [3.63, 3.8) is 0 Å². The highest BCUT2D eigenvalue weighted by Gasteiger charge is 2.22. The Balaban J connectivity index is 2.36. The highest BCUT2D eigenvalue weighted by atomic mass is 79.9. The summed E-state index contributed by atoms with van der Waals surface area (Å²) in [7, 11) is -1.83. The topological polar surface area (TPSA) is 58.2 Å². The molecule has 1 aromatic heterocycles. The van der Waals surface area contributed by atoms with E-state index in [1.54, 1.807) is 18.2 Å². The van der Waals surface area contributed by atoms with Crippen LogP contribution in [0.2, 0.25) is 0 Å². The van der Waals surface area contributed by atoms with Crippen LogP contribution < -0.4 is 10.0 Å². The number of sulfonamides is 1. The molecule has 0 aliphatic heterocycles. The highest BCUT2D eigenvalue weighted by Crippen LogP contribution is 2.34. The lowest BCUT2D eigenvalue weighted by atomic mass is 10.3. The summed E-state index contributed by atoms with van der Waals surface area (Å²) in [6, 6.07) is 6.97. The average Bonchev–Trinajstić information content (AvgIpc) is 2.76. The third-order valence-electron chi connectivity index (χ3n) is 2.52. The summed E-state index contributed by atoms with van der Waals surface area (Å²) >= 11 is 11.4. The number of nitrogens with one attached hydrogen (secondary N) is 2. The van der Waals surface area contributed by atoms with Gasteiger partial charge in [-0.25, -0.2) is 8.42 Å². The molecule has 4 nitrogen and oxygen atoms in total. The Kier molecular flexibility index (Phi) is 5.89. The minimum Gasteiger partial charge on any atom is -0.315 e. The van der Waals surface area contributed by atoms with Gasteiger partial charge in [0.15, 0.2) is 0 Å². The number of hydrogen-bond donors (Lipinski definition) is 2. The van der Waals surface area contributed by atoms with E-state index in [1.165, 1.54) is 11.3 Å². The summed E-state index contributed by atoms with van der Waals surface area (Å²) in [5.74, 6) is 0. The molecule has 1 heterocycles. The van der Waals surface area contributed by atoms with Gasteiger partial charge in [-0.1, -0.05) is 15.9 Å². The van der Waals surface area contributed by atoms with Gasteiger partial charge in [0.25, 0.3) is 10.0 Å². The molecule has 1 aromatic carbocycles. The molecule has 0 amide bonds. The molecular weight excluding hydrogens is 508 g/mol. The lowest BCUT2D eigenvalue weighted by Crippen LogP contribution is -2.13. The van der Waals surface area contributed by atoms with Crippen LogP contribution in [0.15, 0.2) is 41.9 Å². The van der Waals surface area contributed by atoms with E-state index in [2.05, 4.69) is 57.8 Å². The van der Waals surface area contributed by atoms with E-state index >= 15 is 0 Å². The Bertz CT molecular complexity index is 760. The monoisotopic (exact) mass is 516 g/mol. The van der Waals surface area contributed by atoms with Crippen LogP contribution in [0.5, 0.6) is 0 Å². The SMILES string of the molecule is CNCc1cc(S(=O)(=O)Nc2cc(Br)ccc2Br)c(Br)s1. The number of anilines is 1. The zero-order valence-electron chi connectivity index (χ0n) is 10.8. The molecule has 0 atom stereocenters. The second-order valence-electron chi connectivity index (χ2n) is 4.11. The van der Waals surface area contributed by atoms with Gasteiger partial charge in [0.2, 0.25) is 0 Å². The molecule has 21 heavy (non-hydrogen) atoms. The first-order chi connectivity index (χ1) is 9.83. The average molecular weight is 519 g/mol. The van der Waals surface area contributed by atoms with E-state index in [9.17, 15) is 8.42 Å². The maximum atomic E-state index is 12.5. The van der Waals surface area contributed by atoms with Gasteiger partial charge >= 0.3 is 0 Å². The van der Waals surface area contributed by atoms with Crippen LogP contribution in [0.25, 0.3) is 0 Å². The molecule has 0 radical (unpaired) electrons. The largest absolute Gasteiger partial charge is 0.315 e. The van der Waals surface area contributed by atoms with Gasteiger partial charge in [0.1, 0.15) is 4.90 Å². The summed E-state index contributed by atoms with van der Waals surface area (Å²) in [5, 5.41) is 3.00. The first-order valence-corrected chi connectivity index (χ1v) is 10.4. The van der Waals surface area contributed by atoms with Crippen molar-refractivity contribution in [2.75, 3.05) is 11.8 Å². The van der Waals surface area contributed by atoms with Crippen molar-refractivity contribution in [2.24, 2.45) is 0 Å². The third kappa shape index (κ3) is 4.29. The second kappa shape index (κ2) is 7.10. The van der Waals surface area contributed by atoms with Gasteiger partial charge in [-0.15, -0.1) is 11.3 Å². The maximum absolute atomic E-state index is 12.5. The van der Waals surface area contributed by atoms with Gasteiger partial charge in [-0.2, -0.15) is 0 Å². The standard InChI is InChI=1S/C12H11Br3N2O2S2/c1-16-6-8-5-11(12(15)20-8)21(18,19)17-10-4-7(13)2-3-9(10)14/h2-5,16-17H,6H2,1H3. The molecule has 0 unspecified atom stereocenters. The Hall–Kier alpha value is 0.0700. The van der Waals surface area contributed by atoms with Crippen molar-refractivity contribution in [2.45, 2.75) is 11.4 Å². The normalized spacial score (nSPS) is 11.6. The molecule has 0 saturated heterocycles. The van der Waals surface area contributed by atoms with Gasteiger partial charge in [-0.05, 0) is 63.2 Å². The van der Waals surface area contributed by atoms with Crippen LogP contribution in [0.1, 0.15) is 4.88 Å². The number of hydrogen-bond acceptors (Lipinski definition) is 4. The molecule has 9 heteroatoms. The van der Waals surface area contributed by atoms with Gasteiger partial charge < -0.3 is 5.32 Å². The summed E-state index contributed by atoms with van der Waals surface area (Å²) in [6.45, 7) is 0.624. The van der Waals surface area contributed by atoms with Gasteiger partial charge in [-0.3, -0.25) is 4.72 Å². The summed E-state index contributed by atoms with van der Waals surface area (Å²) in [6.07, 6.45) is 0. The Morgan fingerprint density at radius 3 is 2.57 bits per heavy atom. The zero-order valence-corrected chi connectivity index (χ0v) is 17.2. The first-order valence-electron chi connectivity index (χ1n) is 5.74. The molecule has 2 N–H and O–H groups in total. The van der Waals surface area contributed by atoms with E-state index < -0.39 is 10.0 Å². The molecule has 0 aliphatic rings. The van der Waals surface area contributed by atoms with Crippen LogP contribution in [-0.4, -0.2) is 15.5 Å². The lowest BCUT2D eigenvalue weighted by Gasteiger charge is -2.09. The second-order valence-corrected chi connectivity index (χ2v) is 9.99. The summed E-state index contributed by atoms with van der Waals surface area (Å²) in [4.78, 5) is 1.18. The van der Waals surface area contributed by atoms with Crippen molar-refractivity contribution in [1.82, 2.24) is 5.32 Å². The Morgan fingerprint density at radius 1 is 1.19 bits per heavy atom. The van der Waals surface area contributed by atoms with E-state index in [-0.39, 0.29) is 4.90 Å². The van der Waals surface area contributed by atoms with Crippen LogP contribution in [-0.2, 0) is 16.6 Å². The van der Waals surface area contributed by atoms with Crippen LogP contribution >= 0.6 is 59.1 Å². The fourth-order valence-corrected chi connectivity index (χ4v) is 6.22. The van der Waals surface area contributed by atoms with E-state index in [0.29, 0.717) is 20.5 Å². The maximum Gasteiger partial charge on any atom is 0.263 e. The molecule has 2 aromatic rings. The highest BCUT2D eigenvalue weighted by molar-refractivity contribution is 9.11. The summed E-state index contributed by atoms with van der Waals surface area (Å²) in [5.41, 5.74) is 0.484. The third-order valence-corrected chi connectivity index (χ3v) is 7.32. The van der Waals surface area contributed by atoms with Gasteiger partial charge in [0, 0.05) is 20.4 Å². The zero-order chi connectivity index (χ0) is 15.6. The molecule has 0 saturated carbocycles. The molecule has 0 fully saturated rings. The number of thiophene rings is 1. The lowest BCUT2D eigenvalue weighted by molar-refractivity contribution is 0.601. The van der Waals surface area contributed by atoms with E-state index in [0.717, 1.165) is 9.35 Å². The molecule has 0 spiro atoms. The van der Waals surface area contributed by atoms with Crippen LogP contribution in [0, 0.1) is 0 Å². The number of halogens is 3.